The van der Waals surface area contributed by atoms with E-state index in [0.717, 1.165) is 12.8 Å². The van der Waals surface area contributed by atoms with Gasteiger partial charge in [0, 0.05) is 15.8 Å². The van der Waals surface area contributed by atoms with Gasteiger partial charge in [-0.1, -0.05) is 96.8 Å². The molecule has 0 saturated heterocycles. The van der Waals surface area contributed by atoms with Crippen molar-refractivity contribution >= 4 is 16.2 Å². The molecule has 0 fully saturated rings. The Morgan fingerprint density at radius 1 is 0.762 bits per heavy atom. The standard InChI is InChI=1S/C18H35O2Si/c1-2-3-4-5-6-7-8-9-10-11-12-13-14-15-16-17(21)18(19)20/h17H,2-16H2,1H3,(H,19,20). The zero-order valence-electron chi connectivity index (χ0n) is 14.0. The fourth-order valence-electron chi connectivity index (χ4n) is 2.67. The van der Waals surface area contributed by atoms with Crippen molar-refractivity contribution in [2.24, 2.45) is 0 Å². The molecule has 3 radical (unpaired) electrons. The number of carbonyl (C=O) groups is 1. The van der Waals surface area contributed by atoms with E-state index in [1.165, 1.54) is 83.5 Å². The maximum atomic E-state index is 10.6. The van der Waals surface area contributed by atoms with E-state index in [4.69, 9.17) is 5.11 Å². The lowest BCUT2D eigenvalue weighted by Gasteiger charge is -2.05. The van der Waals surface area contributed by atoms with E-state index < -0.39 is 5.97 Å². The van der Waals surface area contributed by atoms with Crippen LogP contribution in [0, 0.1) is 0 Å². The number of carboxylic acid groups (broad SMARTS) is 1. The third-order valence-corrected chi connectivity index (χ3v) is 4.68. The molecule has 0 spiro atoms. The van der Waals surface area contributed by atoms with Gasteiger partial charge in [-0.15, -0.1) is 0 Å². The summed E-state index contributed by atoms with van der Waals surface area (Å²) in [6.07, 6.45) is 19.5. The van der Waals surface area contributed by atoms with Crippen LogP contribution < -0.4 is 0 Å². The zero-order valence-corrected chi connectivity index (χ0v) is 15.0. The summed E-state index contributed by atoms with van der Waals surface area (Å²) in [5, 5.41) is 8.74. The van der Waals surface area contributed by atoms with Crippen LogP contribution in [-0.4, -0.2) is 21.3 Å². The number of hydrogen-bond acceptors (Lipinski definition) is 1. The molecule has 0 amide bonds. The van der Waals surface area contributed by atoms with Crippen LogP contribution in [-0.2, 0) is 4.79 Å². The minimum atomic E-state index is -0.735. The molecule has 0 aliphatic rings. The third kappa shape index (κ3) is 15.9. The van der Waals surface area contributed by atoms with Crippen LogP contribution >= 0.6 is 0 Å². The van der Waals surface area contributed by atoms with E-state index in [1.54, 1.807) is 0 Å². The normalized spacial score (nSPS) is 12.5. The predicted octanol–water partition coefficient (Wildman–Crippen LogP) is 5.90. The fraction of sp³-hybridized carbons (Fsp3) is 0.944. The molecule has 0 bridgehead atoms. The van der Waals surface area contributed by atoms with Crippen molar-refractivity contribution < 1.29 is 9.90 Å². The van der Waals surface area contributed by atoms with E-state index in [9.17, 15) is 4.79 Å². The van der Waals surface area contributed by atoms with Gasteiger partial charge >= 0.3 is 5.97 Å². The van der Waals surface area contributed by atoms with Crippen LogP contribution in [0.3, 0.4) is 0 Å². The van der Waals surface area contributed by atoms with Crippen molar-refractivity contribution in [3.8, 4) is 0 Å². The van der Waals surface area contributed by atoms with Crippen molar-refractivity contribution in [2.75, 3.05) is 0 Å². The van der Waals surface area contributed by atoms with Gasteiger partial charge in [-0.25, -0.2) is 0 Å². The van der Waals surface area contributed by atoms with Gasteiger partial charge in [0.15, 0.2) is 0 Å². The first-order valence-electron chi connectivity index (χ1n) is 9.12. The lowest BCUT2D eigenvalue weighted by molar-refractivity contribution is -0.137. The van der Waals surface area contributed by atoms with E-state index in [-0.39, 0.29) is 5.54 Å². The van der Waals surface area contributed by atoms with Gasteiger partial charge in [-0.2, -0.15) is 0 Å². The van der Waals surface area contributed by atoms with Crippen molar-refractivity contribution in [3.63, 3.8) is 0 Å². The summed E-state index contributed by atoms with van der Waals surface area (Å²) in [6.45, 7) is 2.27. The minimum absolute atomic E-state index is 0.359. The number of rotatable bonds is 16. The molecule has 0 aromatic carbocycles. The molecule has 0 aliphatic heterocycles. The molecule has 2 nitrogen and oxygen atoms in total. The first-order chi connectivity index (χ1) is 10.2. The van der Waals surface area contributed by atoms with E-state index in [1.807, 2.05) is 0 Å². The second kappa shape index (κ2) is 16.1. The highest BCUT2D eigenvalue weighted by Gasteiger charge is 2.09. The number of hydrogen-bond donors (Lipinski definition) is 1. The van der Waals surface area contributed by atoms with Crippen molar-refractivity contribution in [1.29, 1.82) is 0 Å². The highest BCUT2D eigenvalue weighted by atomic mass is 28.1. The number of carboxylic acids is 1. The maximum absolute atomic E-state index is 10.6. The second-order valence-electron chi connectivity index (χ2n) is 6.28. The SMILES string of the molecule is CCCCCCCCCCCCCCCCC([Si])C(=O)O. The lowest BCUT2D eigenvalue weighted by atomic mass is 10.0. The quantitative estimate of drug-likeness (QED) is 0.284. The topological polar surface area (TPSA) is 37.3 Å². The summed E-state index contributed by atoms with van der Waals surface area (Å²) < 4.78 is 0. The molecule has 0 aromatic heterocycles. The van der Waals surface area contributed by atoms with Gasteiger partial charge in [0.05, 0.1) is 0 Å². The van der Waals surface area contributed by atoms with Crippen LogP contribution in [0.15, 0.2) is 0 Å². The van der Waals surface area contributed by atoms with Crippen LogP contribution in [0.1, 0.15) is 103 Å². The third-order valence-electron chi connectivity index (χ3n) is 4.14. The van der Waals surface area contributed by atoms with Gasteiger partial charge in [-0.05, 0) is 6.42 Å². The van der Waals surface area contributed by atoms with Crippen molar-refractivity contribution in [3.05, 3.63) is 0 Å². The Kier molecular flexibility index (Phi) is 15.8. The summed E-state index contributed by atoms with van der Waals surface area (Å²) in [5.41, 5.74) is -0.359. The summed E-state index contributed by atoms with van der Waals surface area (Å²) in [7, 11) is 3.23. The van der Waals surface area contributed by atoms with Gasteiger partial charge < -0.3 is 5.11 Å². The van der Waals surface area contributed by atoms with Gasteiger partial charge in [-0.3, -0.25) is 4.79 Å². The fourth-order valence-corrected chi connectivity index (χ4v) is 2.87. The van der Waals surface area contributed by atoms with Gasteiger partial charge in [0.25, 0.3) is 0 Å². The van der Waals surface area contributed by atoms with Crippen LogP contribution in [0.5, 0.6) is 0 Å². The highest BCUT2D eigenvalue weighted by molar-refractivity contribution is 6.22. The second-order valence-corrected chi connectivity index (χ2v) is 6.97. The summed E-state index contributed by atoms with van der Waals surface area (Å²) in [5.74, 6) is -0.735. The molecule has 123 valence electrons. The van der Waals surface area contributed by atoms with Crippen LogP contribution in [0.2, 0.25) is 5.54 Å². The molecule has 0 heterocycles. The molecular weight excluding hydrogens is 276 g/mol. The van der Waals surface area contributed by atoms with E-state index >= 15 is 0 Å². The first kappa shape index (κ1) is 20.7. The zero-order chi connectivity index (χ0) is 15.8. The van der Waals surface area contributed by atoms with Crippen LogP contribution in [0.25, 0.3) is 0 Å². The molecule has 21 heavy (non-hydrogen) atoms. The molecule has 3 heteroatoms. The molecule has 1 unspecified atom stereocenters. The Hall–Kier alpha value is -0.313. The van der Waals surface area contributed by atoms with Crippen LogP contribution in [0.4, 0.5) is 0 Å². The molecule has 0 rings (SSSR count). The average molecular weight is 312 g/mol. The molecule has 0 aliphatic carbocycles. The Morgan fingerprint density at radius 3 is 1.43 bits per heavy atom. The Morgan fingerprint density at radius 2 is 1.10 bits per heavy atom. The van der Waals surface area contributed by atoms with Crippen molar-refractivity contribution in [1.82, 2.24) is 0 Å². The minimum Gasteiger partial charge on any atom is -0.481 e. The highest BCUT2D eigenvalue weighted by Crippen LogP contribution is 2.15. The largest absolute Gasteiger partial charge is 0.481 e. The van der Waals surface area contributed by atoms with E-state index in [2.05, 4.69) is 17.2 Å². The Bertz CT molecular complexity index is 231. The predicted molar refractivity (Wildman–Crippen MR) is 92.1 cm³/mol. The summed E-state index contributed by atoms with van der Waals surface area (Å²) in [6, 6.07) is 0. The lowest BCUT2D eigenvalue weighted by Crippen LogP contribution is -2.06. The molecule has 1 N–H and O–H groups in total. The van der Waals surface area contributed by atoms with Crippen molar-refractivity contribution in [2.45, 2.75) is 109 Å². The summed E-state index contributed by atoms with van der Waals surface area (Å²) >= 11 is 0. The smallest absolute Gasteiger partial charge is 0.302 e. The number of unbranched alkanes of at least 4 members (excludes halogenated alkanes) is 13. The molecular formula is C18H35O2Si. The van der Waals surface area contributed by atoms with E-state index in [0.29, 0.717) is 0 Å². The Labute approximate surface area is 135 Å². The Balaban J connectivity index is 3.04. The molecule has 0 saturated carbocycles. The molecule has 1 atom stereocenters. The first-order valence-corrected chi connectivity index (χ1v) is 9.70. The van der Waals surface area contributed by atoms with Gasteiger partial charge in [0.2, 0.25) is 0 Å². The summed E-state index contributed by atoms with van der Waals surface area (Å²) in [4.78, 5) is 10.6. The number of aliphatic carboxylic acids is 1. The monoisotopic (exact) mass is 311 g/mol. The maximum Gasteiger partial charge on any atom is 0.302 e. The van der Waals surface area contributed by atoms with Gasteiger partial charge in [0.1, 0.15) is 0 Å². The molecule has 0 aromatic rings. The average Bonchev–Trinajstić information content (AvgIpc) is 2.47.